The maximum absolute atomic E-state index is 13.4. The van der Waals surface area contributed by atoms with Crippen molar-refractivity contribution in [3.63, 3.8) is 0 Å². The lowest BCUT2D eigenvalue weighted by atomic mass is 9.74. The van der Waals surface area contributed by atoms with Crippen LogP contribution >= 0.6 is 12.2 Å². The lowest BCUT2D eigenvalue weighted by molar-refractivity contribution is -0.138. The molecule has 0 atom stereocenters. The van der Waals surface area contributed by atoms with Gasteiger partial charge in [-0.15, -0.1) is 0 Å². The molecule has 0 N–H and O–H groups in total. The highest BCUT2D eigenvalue weighted by Gasteiger charge is 2.50. The van der Waals surface area contributed by atoms with Gasteiger partial charge in [0, 0.05) is 12.7 Å². The molecular weight excluding hydrogens is 413 g/mol. The summed E-state index contributed by atoms with van der Waals surface area (Å²) in [5.74, 6) is -0.380. The van der Waals surface area contributed by atoms with Crippen molar-refractivity contribution in [3.8, 4) is 6.07 Å². The molecule has 2 aromatic rings. The third kappa shape index (κ3) is 3.75. The first kappa shape index (κ1) is 21.7. The molecule has 1 amide bonds. The first-order valence-electron chi connectivity index (χ1n) is 9.21. The molecular formula is C21H19F3N4OS. The summed E-state index contributed by atoms with van der Waals surface area (Å²) in [7, 11) is 1.41. The van der Waals surface area contributed by atoms with E-state index in [2.05, 4.69) is 4.98 Å². The summed E-state index contributed by atoms with van der Waals surface area (Å²) < 4.78 is 39.9. The minimum Gasteiger partial charge on any atom is -0.323 e. The summed E-state index contributed by atoms with van der Waals surface area (Å²) in [5, 5.41) is 8.93. The SMILES string of the molecule is Cc1ccc(N(C=S)C2(C(=O)N(C)c3cnc(C#N)c(C(F)(F)F)c3)CCC2)cc1. The number of nitrogens with zero attached hydrogens (tertiary/aromatic N) is 4. The zero-order valence-corrected chi connectivity index (χ0v) is 17.2. The fourth-order valence-corrected chi connectivity index (χ4v) is 3.88. The molecule has 9 heteroatoms. The number of carbonyl (C=O) groups is 1. The van der Waals surface area contributed by atoms with Crippen LogP contribution in [0.15, 0.2) is 36.5 Å². The lowest BCUT2D eigenvalue weighted by Gasteiger charge is -2.49. The second-order valence-corrected chi connectivity index (χ2v) is 7.47. The highest BCUT2D eigenvalue weighted by molar-refractivity contribution is 7.79. The van der Waals surface area contributed by atoms with Crippen molar-refractivity contribution in [1.29, 1.82) is 5.26 Å². The number of aryl methyl sites for hydroxylation is 1. The van der Waals surface area contributed by atoms with E-state index in [1.54, 1.807) is 4.90 Å². The quantitative estimate of drug-likeness (QED) is 0.645. The Morgan fingerprint density at radius 1 is 1.27 bits per heavy atom. The highest BCUT2D eigenvalue weighted by Crippen LogP contribution is 2.42. The van der Waals surface area contributed by atoms with Gasteiger partial charge >= 0.3 is 6.18 Å². The molecule has 1 aliphatic rings. The smallest absolute Gasteiger partial charge is 0.323 e. The van der Waals surface area contributed by atoms with Crippen LogP contribution < -0.4 is 9.80 Å². The molecule has 1 heterocycles. The Bertz CT molecular complexity index is 1010. The van der Waals surface area contributed by atoms with Gasteiger partial charge in [-0.3, -0.25) is 4.79 Å². The van der Waals surface area contributed by atoms with Crippen molar-refractivity contribution < 1.29 is 18.0 Å². The Morgan fingerprint density at radius 2 is 1.90 bits per heavy atom. The van der Waals surface area contributed by atoms with Crippen molar-refractivity contribution in [1.82, 2.24) is 4.98 Å². The van der Waals surface area contributed by atoms with Crippen LogP contribution in [-0.2, 0) is 11.0 Å². The Kier molecular flexibility index (Phi) is 5.81. The number of halogens is 3. The van der Waals surface area contributed by atoms with Gasteiger partial charge in [0.1, 0.15) is 11.6 Å². The van der Waals surface area contributed by atoms with Crippen LogP contribution in [-0.4, -0.2) is 29.0 Å². The largest absolute Gasteiger partial charge is 0.419 e. The number of amides is 1. The minimum absolute atomic E-state index is 0.0363. The molecule has 5 nitrogen and oxygen atoms in total. The number of nitriles is 1. The van der Waals surface area contributed by atoms with Gasteiger partial charge in [-0.05, 0) is 44.4 Å². The maximum Gasteiger partial charge on any atom is 0.419 e. The number of hydrogen-bond acceptors (Lipinski definition) is 4. The molecule has 0 saturated heterocycles. The molecule has 1 aromatic heterocycles. The number of anilines is 2. The van der Waals surface area contributed by atoms with Crippen LogP contribution in [0.2, 0.25) is 0 Å². The average Bonchev–Trinajstić information content (AvgIpc) is 2.69. The number of likely N-dealkylation sites (N-methyl/N-ethyl adjacent to an activating group) is 1. The summed E-state index contributed by atoms with van der Waals surface area (Å²) in [6.07, 6.45) is -1.81. The molecule has 1 saturated carbocycles. The Morgan fingerprint density at radius 3 is 2.37 bits per heavy atom. The van der Waals surface area contributed by atoms with E-state index >= 15 is 0 Å². The Hall–Kier alpha value is -2.99. The number of rotatable bonds is 5. The number of thiocarbonyl (C=S) groups is 1. The lowest BCUT2D eigenvalue weighted by Crippen LogP contribution is -2.63. The van der Waals surface area contributed by atoms with Crippen LogP contribution in [0.1, 0.15) is 36.1 Å². The second kappa shape index (κ2) is 8.03. The van der Waals surface area contributed by atoms with Gasteiger partial charge in [-0.25, -0.2) is 4.98 Å². The zero-order chi connectivity index (χ0) is 22.1. The van der Waals surface area contributed by atoms with Gasteiger partial charge in [0.15, 0.2) is 5.69 Å². The molecule has 156 valence electrons. The topological polar surface area (TPSA) is 60.2 Å². The summed E-state index contributed by atoms with van der Waals surface area (Å²) >= 11 is 5.19. The predicted octanol–water partition coefficient (Wildman–Crippen LogP) is 4.63. The molecule has 0 aliphatic heterocycles. The van der Waals surface area contributed by atoms with E-state index < -0.39 is 23.0 Å². The predicted molar refractivity (Wildman–Crippen MR) is 111 cm³/mol. The molecule has 0 radical (unpaired) electrons. The first-order chi connectivity index (χ1) is 14.1. The van der Waals surface area contributed by atoms with E-state index in [-0.39, 0.29) is 11.6 Å². The number of benzene rings is 1. The molecule has 30 heavy (non-hydrogen) atoms. The third-order valence-electron chi connectivity index (χ3n) is 5.43. The van der Waals surface area contributed by atoms with Gasteiger partial charge < -0.3 is 9.80 Å². The van der Waals surface area contributed by atoms with E-state index in [0.717, 1.165) is 34.8 Å². The number of aromatic nitrogens is 1. The van der Waals surface area contributed by atoms with Crippen molar-refractivity contribution in [2.45, 2.75) is 37.9 Å². The summed E-state index contributed by atoms with van der Waals surface area (Å²) in [6.45, 7) is 1.94. The fraction of sp³-hybridized carbons (Fsp3) is 0.333. The van der Waals surface area contributed by atoms with Crippen molar-refractivity contribution >= 4 is 35.0 Å². The minimum atomic E-state index is -4.76. The van der Waals surface area contributed by atoms with E-state index in [1.807, 2.05) is 31.2 Å². The maximum atomic E-state index is 13.4. The number of carbonyl (C=O) groups excluding carboxylic acids is 1. The van der Waals surface area contributed by atoms with Crippen molar-refractivity contribution in [2.24, 2.45) is 0 Å². The second-order valence-electron chi connectivity index (χ2n) is 7.26. The number of hydrogen-bond donors (Lipinski definition) is 0. The standard InChI is InChI=1S/C21H19F3N4OS/c1-14-4-6-15(7-5-14)28(13-30)20(8-3-9-20)19(29)27(2)16-10-17(21(22,23)24)18(11-25)26-12-16/h4-7,10,12-13H,3,8-9H2,1-2H3. The van der Waals surface area contributed by atoms with E-state index in [9.17, 15) is 18.0 Å². The van der Waals surface area contributed by atoms with Gasteiger partial charge in [-0.1, -0.05) is 29.9 Å². The normalized spacial score (nSPS) is 14.9. The van der Waals surface area contributed by atoms with E-state index in [4.69, 9.17) is 17.5 Å². The first-order valence-corrected chi connectivity index (χ1v) is 9.68. The average molecular weight is 432 g/mol. The Balaban J connectivity index is 1.99. The molecule has 1 aromatic carbocycles. The molecule has 1 aliphatic carbocycles. The number of pyridine rings is 1. The van der Waals surface area contributed by atoms with Crippen LogP contribution in [0, 0.1) is 18.3 Å². The summed E-state index contributed by atoms with van der Waals surface area (Å²) in [6, 6.07) is 9.75. The van der Waals surface area contributed by atoms with Crippen LogP contribution in [0.3, 0.4) is 0 Å². The Labute approximate surface area is 177 Å². The van der Waals surface area contributed by atoms with Crippen LogP contribution in [0.5, 0.6) is 0 Å². The van der Waals surface area contributed by atoms with Crippen molar-refractivity contribution in [2.75, 3.05) is 16.8 Å². The molecule has 0 bridgehead atoms. The summed E-state index contributed by atoms with van der Waals surface area (Å²) in [5.41, 5.74) is 0.293. The van der Waals surface area contributed by atoms with Crippen molar-refractivity contribution in [3.05, 3.63) is 53.3 Å². The van der Waals surface area contributed by atoms with Gasteiger partial charge in [0.2, 0.25) is 0 Å². The van der Waals surface area contributed by atoms with E-state index in [0.29, 0.717) is 12.8 Å². The molecule has 0 spiro atoms. The third-order valence-corrected chi connectivity index (χ3v) is 5.64. The summed E-state index contributed by atoms with van der Waals surface area (Å²) in [4.78, 5) is 19.9. The number of alkyl halides is 3. The van der Waals surface area contributed by atoms with Gasteiger partial charge in [0.05, 0.1) is 22.9 Å². The van der Waals surface area contributed by atoms with E-state index in [1.165, 1.54) is 18.6 Å². The fourth-order valence-electron chi connectivity index (χ4n) is 3.56. The zero-order valence-electron chi connectivity index (χ0n) is 16.4. The highest BCUT2D eigenvalue weighted by atomic mass is 32.1. The molecule has 1 fully saturated rings. The monoisotopic (exact) mass is 432 g/mol. The van der Waals surface area contributed by atoms with Gasteiger partial charge in [-0.2, -0.15) is 18.4 Å². The van der Waals surface area contributed by atoms with Crippen LogP contribution in [0.4, 0.5) is 24.5 Å². The molecule has 3 rings (SSSR count). The molecule has 0 unspecified atom stereocenters. The van der Waals surface area contributed by atoms with Gasteiger partial charge in [0.25, 0.3) is 5.91 Å². The van der Waals surface area contributed by atoms with Crippen LogP contribution in [0.25, 0.3) is 0 Å².